The standard InChI is InChI=1S/C26H42O3S/c1-20(2)29-26(28)14-10-5-4-9-13-25-21(3)15-16-22(25)17-18-23(27)19-30-24-11-7-6-8-12-24/h6-8,11-12,20-23,25,27H,4-5,9-10,13-19H2,1-3H3/t21-,22+,23?,25-/m0/s1. The monoisotopic (exact) mass is 434 g/mol. The number of aliphatic hydroxyl groups is 1. The summed E-state index contributed by atoms with van der Waals surface area (Å²) < 4.78 is 5.19. The van der Waals surface area contributed by atoms with Gasteiger partial charge in [0.25, 0.3) is 0 Å². The van der Waals surface area contributed by atoms with E-state index in [1.54, 1.807) is 11.8 Å². The van der Waals surface area contributed by atoms with Crippen molar-refractivity contribution in [3.8, 4) is 0 Å². The van der Waals surface area contributed by atoms with E-state index in [1.807, 2.05) is 19.9 Å². The van der Waals surface area contributed by atoms with Crippen molar-refractivity contribution in [1.82, 2.24) is 0 Å². The van der Waals surface area contributed by atoms with Gasteiger partial charge < -0.3 is 9.84 Å². The number of hydrogen-bond donors (Lipinski definition) is 1. The number of unbranched alkanes of at least 4 members (excludes halogenated alkanes) is 3. The second-order valence-corrected chi connectivity index (χ2v) is 10.4. The van der Waals surface area contributed by atoms with Crippen LogP contribution < -0.4 is 0 Å². The highest BCUT2D eigenvalue weighted by molar-refractivity contribution is 7.99. The Balaban J connectivity index is 1.59. The molecule has 1 unspecified atom stereocenters. The number of hydrogen-bond acceptors (Lipinski definition) is 4. The van der Waals surface area contributed by atoms with Gasteiger partial charge in [0, 0.05) is 17.1 Å². The number of esters is 1. The summed E-state index contributed by atoms with van der Waals surface area (Å²) >= 11 is 1.76. The first-order chi connectivity index (χ1) is 14.5. The molecule has 3 nitrogen and oxygen atoms in total. The lowest BCUT2D eigenvalue weighted by Gasteiger charge is -2.24. The molecule has 1 saturated carbocycles. The maximum absolute atomic E-state index is 11.6. The Bertz CT molecular complexity index is 589. The molecule has 0 aliphatic heterocycles. The summed E-state index contributed by atoms with van der Waals surface area (Å²) in [5.41, 5.74) is 0. The largest absolute Gasteiger partial charge is 0.463 e. The molecule has 1 fully saturated rings. The van der Waals surface area contributed by atoms with Gasteiger partial charge in [-0.3, -0.25) is 4.79 Å². The lowest BCUT2D eigenvalue weighted by Crippen LogP contribution is -2.17. The highest BCUT2D eigenvalue weighted by Crippen LogP contribution is 2.42. The van der Waals surface area contributed by atoms with Crippen molar-refractivity contribution in [2.24, 2.45) is 17.8 Å². The van der Waals surface area contributed by atoms with Crippen molar-refractivity contribution in [1.29, 1.82) is 0 Å². The van der Waals surface area contributed by atoms with E-state index in [-0.39, 0.29) is 18.2 Å². The molecule has 4 heteroatoms. The van der Waals surface area contributed by atoms with Crippen molar-refractivity contribution >= 4 is 17.7 Å². The van der Waals surface area contributed by atoms with Crippen LogP contribution in [0.2, 0.25) is 0 Å². The molecule has 0 bridgehead atoms. The van der Waals surface area contributed by atoms with E-state index in [2.05, 4.69) is 31.2 Å². The minimum Gasteiger partial charge on any atom is -0.463 e. The number of aliphatic hydroxyl groups excluding tert-OH is 1. The van der Waals surface area contributed by atoms with Gasteiger partial charge in [-0.15, -0.1) is 11.8 Å². The van der Waals surface area contributed by atoms with Gasteiger partial charge in [-0.25, -0.2) is 0 Å². The molecule has 1 N–H and O–H groups in total. The third kappa shape index (κ3) is 9.87. The molecule has 4 atom stereocenters. The summed E-state index contributed by atoms with van der Waals surface area (Å²) in [5.74, 6) is 3.13. The molecule has 170 valence electrons. The van der Waals surface area contributed by atoms with Gasteiger partial charge in [0.15, 0.2) is 0 Å². The Hall–Kier alpha value is -1.00. The van der Waals surface area contributed by atoms with E-state index in [4.69, 9.17) is 4.74 Å². The molecule has 0 amide bonds. The zero-order valence-corrected chi connectivity index (χ0v) is 20.0. The summed E-state index contributed by atoms with van der Waals surface area (Å²) in [6, 6.07) is 10.4. The zero-order chi connectivity index (χ0) is 21.8. The smallest absolute Gasteiger partial charge is 0.306 e. The molecule has 0 saturated heterocycles. The second-order valence-electron chi connectivity index (χ2n) is 9.33. The molecular formula is C26H42O3S. The SMILES string of the molecule is CC(C)OC(=O)CCCCCC[C@@H]1[C@@H](CCC(O)CSc2ccccc2)CC[C@@H]1C. The van der Waals surface area contributed by atoms with E-state index in [9.17, 15) is 9.90 Å². The molecule has 1 aliphatic rings. The molecular weight excluding hydrogens is 392 g/mol. The Labute approximate surface area is 188 Å². The number of benzene rings is 1. The fourth-order valence-corrected chi connectivity index (χ4v) is 5.67. The Morgan fingerprint density at radius 2 is 1.83 bits per heavy atom. The van der Waals surface area contributed by atoms with Gasteiger partial charge in [-0.2, -0.15) is 0 Å². The van der Waals surface area contributed by atoms with Gasteiger partial charge in [0.05, 0.1) is 12.2 Å². The van der Waals surface area contributed by atoms with Crippen LogP contribution in [-0.4, -0.2) is 29.0 Å². The number of ether oxygens (including phenoxy) is 1. The molecule has 1 aromatic carbocycles. The summed E-state index contributed by atoms with van der Waals surface area (Å²) in [6.45, 7) is 6.21. The summed E-state index contributed by atoms with van der Waals surface area (Å²) in [5, 5.41) is 10.4. The predicted octanol–water partition coefficient (Wildman–Crippen LogP) is 6.87. The summed E-state index contributed by atoms with van der Waals surface area (Å²) in [7, 11) is 0. The minimum atomic E-state index is -0.211. The van der Waals surface area contributed by atoms with Crippen LogP contribution >= 0.6 is 11.8 Å². The molecule has 1 aliphatic carbocycles. The van der Waals surface area contributed by atoms with Crippen molar-refractivity contribution in [3.05, 3.63) is 30.3 Å². The Kier molecular flexibility index (Phi) is 11.9. The average molecular weight is 435 g/mol. The fraction of sp³-hybridized carbons (Fsp3) is 0.731. The van der Waals surface area contributed by atoms with Crippen LogP contribution in [0.25, 0.3) is 0 Å². The van der Waals surface area contributed by atoms with Gasteiger partial charge in [0.1, 0.15) is 0 Å². The van der Waals surface area contributed by atoms with Crippen LogP contribution in [0, 0.1) is 17.8 Å². The van der Waals surface area contributed by atoms with Crippen molar-refractivity contribution in [2.75, 3.05) is 5.75 Å². The van der Waals surface area contributed by atoms with Crippen LogP contribution in [0.15, 0.2) is 35.2 Å². The van der Waals surface area contributed by atoms with Gasteiger partial charge in [0.2, 0.25) is 0 Å². The summed E-state index contributed by atoms with van der Waals surface area (Å²) in [6.07, 6.45) is 10.9. The summed E-state index contributed by atoms with van der Waals surface area (Å²) in [4.78, 5) is 12.8. The van der Waals surface area contributed by atoms with Crippen molar-refractivity contribution < 1.29 is 14.6 Å². The molecule has 1 aromatic rings. The zero-order valence-electron chi connectivity index (χ0n) is 19.2. The van der Waals surface area contributed by atoms with E-state index in [0.717, 1.165) is 49.2 Å². The van der Waals surface area contributed by atoms with Gasteiger partial charge in [-0.1, -0.05) is 50.8 Å². The van der Waals surface area contributed by atoms with Gasteiger partial charge >= 0.3 is 5.97 Å². The van der Waals surface area contributed by atoms with Crippen LogP contribution in [0.5, 0.6) is 0 Å². The predicted molar refractivity (Wildman–Crippen MR) is 127 cm³/mol. The van der Waals surface area contributed by atoms with Crippen LogP contribution in [0.4, 0.5) is 0 Å². The molecule has 0 radical (unpaired) electrons. The normalized spacial score (nSPS) is 22.4. The number of carbonyl (C=O) groups is 1. The molecule has 0 spiro atoms. The van der Waals surface area contributed by atoms with E-state index in [1.165, 1.54) is 37.0 Å². The van der Waals surface area contributed by atoms with Crippen molar-refractivity contribution in [3.63, 3.8) is 0 Å². The average Bonchev–Trinajstić information content (AvgIpc) is 3.07. The number of carbonyl (C=O) groups excluding carboxylic acids is 1. The lowest BCUT2D eigenvalue weighted by molar-refractivity contribution is -0.147. The second kappa shape index (κ2) is 14.1. The Morgan fingerprint density at radius 1 is 1.10 bits per heavy atom. The van der Waals surface area contributed by atoms with E-state index < -0.39 is 0 Å². The van der Waals surface area contributed by atoms with Crippen LogP contribution in [-0.2, 0) is 9.53 Å². The first kappa shape index (κ1) is 25.3. The third-order valence-corrected chi connectivity index (χ3v) is 7.58. The van der Waals surface area contributed by atoms with Crippen LogP contribution in [0.1, 0.15) is 85.0 Å². The highest BCUT2D eigenvalue weighted by Gasteiger charge is 2.32. The minimum absolute atomic E-state index is 0.00580. The number of thioether (sulfide) groups is 1. The van der Waals surface area contributed by atoms with E-state index >= 15 is 0 Å². The lowest BCUT2D eigenvalue weighted by atomic mass is 9.83. The first-order valence-electron chi connectivity index (χ1n) is 12.0. The molecule has 30 heavy (non-hydrogen) atoms. The van der Waals surface area contributed by atoms with Crippen LogP contribution in [0.3, 0.4) is 0 Å². The first-order valence-corrected chi connectivity index (χ1v) is 13.0. The fourth-order valence-electron chi connectivity index (χ4n) is 4.77. The molecule has 0 heterocycles. The third-order valence-electron chi connectivity index (χ3n) is 6.42. The Morgan fingerprint density at radius 3 is 2.57 bits per heavy atom. The molecule has 2 rings (SSSR count). The van der Waals surface area contributed by atoms with Crippen molar-refractivity contribution in [2.45, 2.75) is 102 Å². The van der Waals surface area contributed by atoms with E-state index in [0.29, 0.717) is 6.42 Å². The van der Waals surface area contributed by atoms with Gasteiger partial charge in [-0.05, 0) is 75.8 Å². The topological polar surface area (TPSA) is 46.5 Å². The maximum atomic E-state index is 11.6. The maximum Gasteiger partial charge on any atom is 0.306 e. The highest BCUT2D eigenvalue weighted by atomic mass is 32.2. The quantitative estimate of drug-likeness (QED) is 0.197. The molecule has 0 aromatic heterocycles. The number of rotatable bonds is 14.